The van der Waals surface area contributed by atoms with Crippen LogP contribution in [0.25, 0.3) is 5.65 Å². The molecule has 2 aromatic heterocycles. The maximum Gasteiger partial charge on any atom is 0.221 e. The number of carbonyl (C=O) groups is 1. The number of benzene rings is 1. The van der Waals surface area contributed by atoms with Crippen LogP contribution in [0.3, 0.4) is 0 Å². The van der Waals surface area contributed by atoms with Crippen molar-refractivity contribution in [3.63, 3.8) is 0 Å². The normalized spacial score (nSPS) is 16.7. The van der Waals surface area contributed by atoms with Crippen LogP contribution in [0.15, 0.2) is 42.6 Å². The minimum Gasteiger partial charge on any atom is -0.494 e. The quantitative estimate of drug-likeness (QED) is 0.698. The largest absolute Gasteiger partial charge is 0.494 e. The number of amides is 1. The highest BCUT2D eigenvalue weighted by molar-refractivity contribution is 5.78. The van der Waals surface area contributed by atoms with Gasteiger partial charge in [0.25, 0.3) is 0 Å². The molecular formula is C22H25N3O2. The van der Waals surface area contributed by atoms with E-state index in [0.717, 1.165) is 47.8 Å². The Morgan fingerprint density at radius 2 is 2.04 bits per heavy atom. The van der Waals surface area contributed by atoms with Gasteiger partial charge in [-0.05, 0) is 42.7 Å². The molecule has 0 radical (unpaired) electrons. The summed E-state index contributed by atoms with van der Waals surface area (Å²) in [6.45, 7) is 5.43. The van der Waals surface area contributed by atoms with E-state index >= 15 is 0 Å². The fraction of sp³-hybridized carbons (Fsp3) is 0.364. The summed E-state index contributed by atoms with van der Waals surface area (Å²) in [6.07, 6.45) is 4.69. The maximum atomic E-state index is 12.3. The van der Waals surface area contributed by atoms with Gasteiger partial charge in [0.1, 0.15) is 11.4 Å². The molecule has 0 unspecified atom stereocenters. The molecule has 1 aromatic carbocycles. The van der Waals surface area contributed by atoms with Crippen molar-refractivity contribution in [3.8, 4) is 5.75 Å². The summed E-state index contributed by atoms with van der Waals surface area (Å²) in [5.74, 6) is 0.908. The fourth-order valence-corrected chi connectivity index (χ4v) is 3.66. The molecule has 0 aliphatic carbocycles. The number of pyridine rings is 1. The molecule has 1 aliphatic heterocycles. The highest BCUT2D eigenvalue weighted by Crippen LogP contribution is 2.34. The lowest BCUT2D eigenvalue weighted by Gasteiger charge is -2.17. The minimum absolute atomic E-state index is 0.0241. The van der Waals surface area contributed by atoms with Crippen molar-refractivity contribution in [3.05, 3.63) is 65.1 Å². The highest BCUT2D eigenvalue weighted by Gasteiger charge is 2.28. The topological polar surface area (TPSA) is 55.6 Å². The third-order valence-corrected chi connectivity index (χ3v) is 5.10. The number of ether oxygens (including phenoxy) is 1. The van der Waals surface area contributed by atoms with Crippen molar-refractivity contribution in [1.29, 1.82) is 0 Å². The number of fused-ring (bicyclic) bond motifs is 3. The van der Waals surface area contributed by atoms with E-state index in [1.807, 2.05) is 18.2 Å². The van der Waals surface area contributed by atoms with Gasteiger partial charge in [0, 0.05) is 18.5 Å². The van der Waals surface area contributed by atoms with Gasteiger partial charge in [0.15, 0.2) is 0 Å². The first-order valence-corrected chi connectivity index (χ1v) is 9.62. The number of imidazole rings is 1. The Morgan fingerprint density at radius 3 is 2.81 bits per heavy atom. The van der Waals surface area contributed by atoms with Crippen molar-refractivity contribution >= 4 is 11.6 Å². The van der Waals surface area contributed by atoms with E-state index in [4.69, 9.17) is 9.72 Å². The summed E-state index contributed by atoms with van der Waals surface area (Å²) >= 11 is 0. The Kier molecular flexibility index (Phi) is 4.84. The number of unbranched alkanes of at least 4 members (excludes halogenated alkanes) is 1. The lowest BCUT2D eigenvalue weighted by atomic mass is 9.91. The van der Waals surface area contributed by atoms with Gasteiger partial charge in [-0.3, -0.25) is 4.79 Å². The molecule has 5 nitrogen and oxygen atoms in total. The molecule has 27 heavy (non-hydrogen) atoms. The fourth-order valence-electron chi connectivity index (χ4n) is 3.66. The number of aromatic nitrogens is 2. The van der Waals surface area contributed by atoms with Crippen LogP contribution < -0.4 is 10.1 Å². The minimum atomic E-state index is -0.0241. The molecule has 0 saturated carbocycles. The lowest BCUT2D eigenvalue weighted by Crippen LogP contribution is -2.21. The second kappa shape index (κ2) is 7.43. The van der Waals surface area contributed by atoms with Crippen LogP contribution in [-0.4, -0.2) is 21.9 Å². The molecule has 0 fully saturated rings. The molecule has 140 valence electrons. The molecule has 3 heterocycles. The van der Waals surface area contributed by atoms with Crippen molar-refractivity contribution in [2.24, 2.45) is 0 Å². The molecule has 1 amide bonds. The van der Waals surface area contributed by atoms with Gasteiger partial charge in [0.2, 0.25) is 5.91 Å². The van der Waals surface area contributed by atoms with Gasteiger partial charge in [-0.2, -0.15) is 0 Å². The van der Waals surface area contributed by atoms with Crippen LogP contribution in [0, 0.1) is 6.92 Å². The monoisotopic (exact) mass is 363 g/mol. The van der Waals surface area contributed by atoms with E-state index in [2.05, 4.69) is 48.0 Å². The van der Waals surface area contributed by atoms with Gasteiger partial charge >= 0.3 is 0 Å². The predicted octanol–water partition coefficient (Wildman–Crippen LogP) is 3.97. The maximum absolute atomic E-state index is 12.3. The first-order chi connectivity index (χ1) is 13.2. The Morgan fingerprint density at radius 1 is 1.22 bits per heavy atom. The number of aryl methyl sites for hydroxylation is 1. The van der Waals surface area contributed by atoms with Crippen LogP contribution >= 0.6 is 0 Å². The lowest BCUT2D eigenvalue weighted by molar-refractivity contribution is -0.121. The van der Waals surface area contributed by atoms with Gasteiger partial charge in [-0.25, -0.2) is 4.98 Å². The summed E-state index contributed by atoms with van der Waals surface area (Å²) in [5.41, 5.74) is 5.25. The van der Waals surface area contributed by atoms with Crippen molar-refractivity contribution in [2.75, 3.05) is 6.61 Å². The van der Waals surface area contributed by atoms with E-state index in [-0.39, 0.29) is 11.8 Å². The first-order valence-electron chi connectivity index (χ1n) is 9.62. The van der Waals surface area contributed by atoms with E-state index in [9.17, 15) is 4.79 Å². The zero-order valence-corrected chi connectivity index (χ0v) is 15.9. The Balaban J connectivity index is 1.72. The average Bonchev–Trinajstić information content (AvgIpc) is 2.94. The van der Waals surface area contributed by atoms with E-state index in [1.165, 1.54) is 5.56 Å². The second-order valence-corrected chi connectivity index (χ2v) is 7.18. The Bertz CT molecular complexity index is 960. The van der Waals surface area contributed by atoms with Crippen LogP contribution in [0.2, 0.25) is 0 Å². The third-order valence-electron chi connectivity index (χ3n) is 5.10. The molecule has 1 N–H and O–H groups in total. The zero-order valence-electron chi connectivity index (χ0n) is 15.9. The summed E-state index contributed by atoms with van der Waals surface area (Å²) in [5, 5.41) is 2.98. The molecule has 1 aliphatic rings. The number of rotatable bonds is 5. The molecule has 3 aromatic rings. The highest BCUT2D eigenvalue weighted by atomic mass is 16.5. The number of carbonyl (C=O) groups excluding carboxylic acids is 1. The van der Waals surface area contributed by atoms with Crippen LogP contribution in [0.1, 0.15) is 54.6 Å². The summed E-state index contributed by atoms with van der Waals surface area (Å²) in [6, 6.07) is 12.3. The summed E-state index contributed by atoms with van der Waals surface area (Å²) < 4.78 is 7.92. The van der Waals surface area contributed by atoms with E-state index in [0.29, 0.717) is 13.0 Å². The predicted molar refractivity (Wildman–Crippen MR) is 105 cm³/mol. The summed E-state index contributed by atoms with van der Waals surface area (Å²) in [4.78, 5) is 17.1. The average molecular weight is 363 g/mol. The van der Waals surface area contributed by atoms with Crippen LogP contribution in [-0.2, 0) is 11.3 Å². The van der Waals surface area contributed by atoms with Gasteiger partial charge in [0.05, 0.1) is 24.5 Å². The van der Waals surface area contributed by atoms with Crippen LogP contribution in [0.4, 0.5) is 0 Å². The molecule has 0 bridgehead atoms. The smallest absolute Gasteiger partial charge is 0.221 e. The molecule has 5 heteroatoms. The Hall–Kier alpha value is -2.82. The zero-order chi connectivity index (χ0) is 18.8. The first kappa shape index (κ1) is 17.6. The molecule has 0 saturated heterocycles. The number of nitrogens with zero attached hydrogens (tertiary/aromatic N) is 2. The van der Waals surface area contributed by atoms with Gasteiger partial charge < -0.3 is 14.5 Å². The van der Waals surface area contributed by atoms with Crippen molar-refractivity contribution < 1.29 is 9.53 Å². The molecule has 1 atom stereocenters. The standard InChI is InChI=1S/C22H25N3O2/c1-3-4-11-27-17-8-6-16(7-9-17)18-12-21(26)23-13-19-22(18)25-14-15(2)5-10-20(25)24-19/h5-10,14,18H,3-4,11-13H2,1-2H3,(H,23,26)/t18-/m1/s1. The number of hydrogen-bond donors (Lipinski definition) is 1. The van der Waals surface area contributed by atoms with Crippen molar-refractivity contribution in [1.82, 2.24) is 14.7 Å². The van der Waals surface area contributed by atoms with E-state index < -0.39 is 0 Å². The molecule has 4 rings (SSSR count). The molecule has 0 spiro atoms. The Labute approximate surface area is 159 Å². The van der Waals surface area contributed by atoms with Crippen molar-refractivity contribution in [2.45, 2.75) is 45.6 Å². The van der Waals surface area contributed by atoms with Gasteiger partial charge in [-0.15, -0.1) is 0 Å². The molecular weight excluding hydrogens is 338 g/mol. The summed E-state index contributed by atoms with van der Waals surface area (Å²) in [7, 11) is 0. The second-order valence-electron chi connectivity index (χ2n) is 7.18. The SMILES string of the molecule is CCCCOc1ccc([C@H]2CC(=O)NCc3nc4ccc(C)cn4c32)cc1. The van der Waals surface area contributed by atoms with Gasteiger partial charge in [-0.1, -0.05) is 31.5 Å². The van der Waals surface area contributed by atoms with Crippen LogP contribution in [0.5, 0.6) is 5.75 Å². The third kappa shape index (κ3) is 3.54. The number of nitrogens with one attached hydrogen (secondary N) is 1. The van der Waals surface area contributed by atoms with E-state index in [1.54, 1.807) is 0 Å². The number of hydrogen-bond acceptors (Lipinski definition) is 3.